The van der Waals surface area contributed by atoms with Crippen LogP contribution in [0.3, 0.4) is 0 Å². The molecule has 3 unspecified atom stereocenters. The van der Waals surface area contributed by atoms with Crippen molar-refractivity contribution in [2.75, 3.05) is 32.6 Å². The Morgan fingerprint density at radius 3 is 2.73 bits per heavy atom. The van der Waals surface area contributed by atoms with Crippen LogP contribution in [0.25, 0.3) is 11.6 Å². The van der Waals surface area contributed by atoms with Crippen LogP contribution in [-0.2, 0) is 10.0 Å². The summed E-state index contributed by atoms with van der Waals surface area (Å²) < 4.78 is 28.2. The van der Waals surface area contributed by atoms with Gasteiger partial charge in [-0.1, -0.05) is 0 Å². The molecule has 3 atom stereocenters. The zero-order valence-electron chi connectivity index (χ0n) is 21.4. The monoisotopic (exact) mass is 734 g/mol. The normalized spacial score (nSPS) is 26.2. The van der Waals surface area contributed by atoms with Gasteiger partial charge in [0.1, 0.15) is 0 Å². The van der Waals surface area contributed by atoms with Crippen molar-refractivity contribution < 1.29 is 13.5 Å². The van der Waals surface area contributed by atoms with Crippen LogP contribution in [0.2, 0.25) is 5.02 Å². The maximum atomic E-state index is 12.1. The zero-order valence-corrected chi connectivity index (χ0v) is 27.5. The molecule has 2 fully saturated rings. The molecule has 196 valence electrons. The van der Waals surface area contributed by atoms with Crippen molar-refractivity contribution in [2.24, 2.45) is 5.92 Å². The first-order valence-corrected chi connectivity index (χ1v) is 17.1. The van der Waals surface area contributed by atoms with Gasteiger partial charge in [0.25, 0.3) is 0 Å². The molecule has 1 aliphatic carbocycles. The van der Waals surface area contributed by atoms with Gasteiger partial charge in [-0.05, 0) is 0 Å². The first-order chi connectivity index (χ1) is 17.5. The summed E-state index contributed by atoms with van der Waals surface area (Å²) in [6.07, 6.45) is 7.85. The Hall–Kier alpha value is -0.888. The quantitative estimate of drug-likeness (QED) is 0.444. The van der Waals surface area contributed by atoms with Crippen LogP contribution in [0, 0.1) is 5.92 Å². The van der Waals surface area contributed by atoms with Crippen LogP contribution < -0.4 is 5.32 Å². The van der Waals surface area contributed by atoms with Crippen LogP contribution in [-0.4, -0.2) is 95.8 Å². The van der Waals surface area contributed by atoms with Gasteiger partial charge >= 0.3 is 201 Å². The summed E-state index contributed by atoms with van der Waals surface area (Å²) in [7, 11) is -3.19. The van der Waals surface area contributed by atoms with Crippen LogP contribution in [0.15, 0.2) is 36.5 Å². The third-order valence-electron chi connectivity index (χ3n) is 8.27. The second-order valence-electron chi connectivity index (χ2n) is 10.9. The van der Waals surface area contributed by atoms with E-state index in [4.69, 9.17) is 16.6 Å². The van der Waals surface area contributed by atoms with E-state index in [9.17, 15) is 13.5 Å². The predicted octanol–water partition coefficient (Wildman–Crippen LogP) is 3.24. The molecule has 3 heterocycles. The molecule has 1 aromatic carbocycles. The Labute approximate surface area is 241 Å². The van der Waals surface area contributed by atoms with E-state index in [1.165, 1.54) is 11.8 Å². The minimum atomic E-state index is -3.19. The number of allylic oxidation sites excluding steroid dienone is 1. The first-order valence-electron chi connectivity index (χ1n) is 12.9. The van der Waals surface area contributed by atoms with Gasteiger partial charge in [0.05, 0.1) is 6.26 Å². The van der Waals surface area contributed by atoms with E-state index >= 15 is 0 Å². The Morgan fingerprint density at radius 2 is 2.05 bits per heavy atom. The maximum absolute atomic E-state index is 12.1. The standard InChI is InChI=1S/C27H34ClN4O3S.Tl/c1-27(16-29-17-31-27)24(33)8-5-19-14-20-15-21(28)6-7-22(20)25(26-23(19)4-3-11-30-26)18-9-12-32(13-10-18)36(2,34)35;/h3-4,6-7,11,14-15,18,24-25,31,33H,5,8-10,12-13,16-17H2,1-2H3;/q-1;+1. The number of rotatable bonds is 6. The van der Waals surface area contributed by atoms with Crippen LogP contribution >= 0.6 is 11.6 Å². The van der Waals surface area contributed by atoms with Crippen LogP contribution in [0.4, 0.5) is 0 Å². The van der Waals surface area contributed by atoms with Gasteiger partial charge in [0.15, 0.2) is 0 Å². The van der Waals surface area contributed by atoms with Gasteiger partial charge in [-0.3, -0.25) is 0 Å². The molecule has 7 nitrogen and oxygen atoms in total. The molecule has 3 aliphatic rings. The zero-order chi connectivity index (χ0) is 26.4. The van der Waals surface area contributed by atoms with Crippen molar-refractivity contribution in [3.8, 4) is 0 Å². The number of aromatic nitrogens is 1. The summed E-state index contributed by atoms with van der Waals surface area (Å²) >= 11 is 7.23. The van der Waals surface area contributed by atoms with Gasteiger partial charge in [-0.15, -0.1) is 0 Å². The Morgan fingerprint density at radius 1 is 1.30 bits per heavy atom. The Bertz CT molecular complexity index is 1300. The fourth-order valence-corrected chi connectivity index (χ4v) is 9.06. The number of sulfonamides is 1. The van der Waals surface area contributed by atoms with E-state index in [0.29, 0.717) is 24.5 Å². The molecule has 2 aromatic rings. The van der Waals surface area contributed by atoms with Gasteiger partial charge < -0.3 is 0 Å². The van der Waals surface area contributed by atoms with Gasteiger partial charge in [-0.2, -0.15) is 0 Å². The van der Waals surface area contributed by atoms with Crippen LogP contribution in [0.5, 0.6) is 0 Å². The number of aliphatic hydroxyl groups excluding tert-OH is 1. The number of pyridine rings is 1. The van der Waals surface area contributed by atoms with Gasteiger partial charge in [0, 0.05) is 13.1 Å². The van der Waals surface area contributed by atoms with E-state index < -0.39 is 16.1 Å². The summed E-state index contributed by atoms with van der Waals surface area (Å²) in [5, 5.41) is 15.4. The molecular formula is C27H34ClN4O3STl. The number of piperidine rings is 1. The second-order valence-corrected chi connectivity index (χ2v) is 16.2. The predicted molar refractivity (Wildman–Crippen MR) is 149 cm³/mol. The van der Waals surface area contributed by atoms with Crippen molar-refractivity contribution >= 4 is 59.3 Å². The number of aliphatic hydroxyl groups is 1. The molecule has 0 radical (unpaired) electrons. The molecular weight excluding hydrogens is 700 g/mol. The van der Waals surface area contributed by atoms with Crippen LogP contribution in [0.1, 0.15) is 60.9 Å². The van der Waals surface area contributed by atoms with E-state index in [0.717, 1.165) is 80.9 Å². The van der Waals surface area contributed by atoms with Crippen molar-refractivity contribution in [1.29, 1.82) is 0 Å². The SMILES string of the molecule is CC1(C(O)CCC2=Cc3cc(Cl)ccc3C(C3CCN(S(C)(=O)=O)CC3)c3ncccc32)C[N]([Tl])CN1. The molecule has 0 saturated carbocycles. The third-order valence-corrected chi connectivity index (χ3v) is 11.2. The Balaban J connectivity index is 1.48. The summed E-state index contributed by atoms with van der Waals surface area (Å²) in [5.74, 6) is 0.324. The fourth-order valence-electron chi connectivity index (χ4n) is 6.18. The summed E-state index contributed by atoms with van der Waals surface area (Å²) in [5.41, 5.74) is 5.30. The molecule has 5 rings (SSSR count). The molecule has 0 bridgehead atoms. The molecule has 2 aliphatic heterocycles. The average molecular weight is 734 g/mol. The molecule has 0 spiro atoms. The molecule has 37 heavy (non-hydrogen) atoms. The van der Waals surface area contributed by atoms with E-state index in [1.54, 1.807) is 4.31 Å². The number of fused-ring (bicyclic) bond motifs is 2. The number of hydrogen-bond acceptors (Lipinski definition) is 6. The topological polar surface area (TPSA) is 85.8 Å². The molecule has 2 saturated heterocycles. The molecule has 0 amide bonds. The van der Waals surface area contributed by atoms with Gasteiger partial charge in [-0.25, -0.2) is 12.7 Å². The van der Waals surface area contributed by atoms with Gasteiger partial charge in [0.2, 0.25) is 10.0 Å². The Kier molecular flexibility index (Phi) is 8.18. The molecule has 1 aromatic heterocycles. The second kappa shape index (κ2) is 10.9. The molecule has 2 N–H and O–H groups in total. The molecule has 10 heteroatoms. The van der Waals surface area contributed by atoms with E-state index in [-0.39, 0.29) is 17.4 Å². The first kappa shape index (κ1) is 27.7. The van der Waals surface area contributed by atoms with Crippen molar-refractivity contribution in [3.05, 3.63) is 63.9 Å². The number of hydrogen-bond donors (Lipinski definition) is 2. The average Bonchev–Trinajstić information content (AvgIpc) is 3.15. The third kappa shape index (κ3) is 5.85. The van der Waals surface area contributed by atoms with E-state index in [1.807, 2.05) is 24.4 Å². The van der Waals surface area contributed by atoms with Crippen molar-refractivity contribution in [2.45, 2.75) is 50.2 Å². The summed E-state index contributed by atoms with van der Waals surface area (Å²) in [6.45, 7) is 4.90. The number of benzene rings is 1. The summed E-state index contributed by atoms with van der Waals surface area (Å²) in [6, 6.07) is 10.2. The van der Waals surface area contributed by atoms with Crippen molar-refractivity contribution in [3.63, 3.8) is 0 Å². The number of halogens is 1. The number of nitrogens with one attached hydrogen (secondary N) is 1. The summed E-state index contributed by atoms with van der Waals surface area (Å²) in [4.78, 5) is 4.92. The number of nitrogens with zero attached hydrogens (tertiary/aromatic N) is 3. The van der Waals surface area contributed by atoms with Crippen molar-refractivity contribution in [1.82, 2.24) is 17.3 Å². The minimum absolute atomic E-state index is 0.0532. The fraction of sp³-hybridized carbons (Fsp3) is 0.519. The van der Waals surface area contributed by atoms with E-state index in [2.05, 4.69) is 33.2 Å².